The molecule has 200 valence electrons. The Balaban J connectivity index is 1.48. The van der Waals surface area contributed by atoms with Gasteiger partial charge in [-0.2, -0.15) is 0 Å². The van der Waals surface area contributed by atoms with Crippen LogP contribution in [-0.4, -0.2) is 23.7 Å². The van der Waals surface area contributed by atoms with Crippen molar-refractivity contribution < 1.29 is 14.3 Å². The van der Waals surface area contributed by atoms with Crippen LogP contribution in [0, 0.1) is 19.8 Å². The fourth-order valence-corrected chi connectivity index (χ4v) is 5.90. The van der Waals surface area contributed by atoms with Crippen LogP contribution in [0.5, 0.6) is 5.75 Å². The smallest absolute Gasteiger partial charge is 0.241 e. The van der Waals surface area contributed by atoms with Gasteiger partial charge in [-0.05, 0) is 68.1 Å². The summed E-state index contributed by atoms with van der Waals surface area (Å²) in [7, 11) is 0. The fraction of sp³-hybridized carbons (Fsp3) is 0.375. The van der Waals surface area contributed by atoms with Crippen LogP contribution in [0.25, 0.3) is 0 Å². The van der Waals surface area contributed by atoms with E-state index in [1.165, 1.54) is 11.8 Å². The van der Waals surface area contributed by atoms with Crippen LogP contribution in [0.2, 0.25) is 0 Å². The zero-order chi connectivity index (χ0) is 27.2. The van der Waals surface area contributed by atoms with Crippen molar-refractivity contribution >= 4 is 29.3 Å². The number of nitrogens with zero attached hydrogens (tertiary/aromatic N) is 1. The van der Waals surface area contributed by atoms with E-state index >= 15 is 0 Å². The third-order valence-corrected chi connectivity index (χ3v) is 8.59. The van der Waals surface area contributed by atoms with Gasteiger partial charge in [-0.15, -0.1) is 11.8 Å². The third-order valence-electron chi connectivity index (χ3n) is 7.13. The summed E-state index contributed by atoms with van der Waals surface area (Å²) < 4.78 is 5.75. The average molecular weight is 531 g/mol. The second kappa shape index (κ2) is 12.5. The molecule has 4 rings (SSSR count). The molecule has 5 nitrogen and oxygen atoms in total. The monoisotopic (exact) mass is 530 g/mol. The van der Waals surface area contributed by atoms with E-state index in [1.807, 2.05) is 67.3 Å². The number of hydrogen-bond donors (Lipinski definition) is 1. The normalized spacial score (nSPS) is 16.5. The summed E-state index contributed by atoms with van der Waals surface area (Å²) >= 11 is 1.49. The van der Waals surface area contributed by atoms with E-state index in [2.05, 4.69) is 44.3 Å². The summed E-state index contributed by atoms with van der Waals surface area (Å²) in [4.78, 5) is 30.1. The number of thioether (sulfide) groups is 1. The van der Waals surface area contributed by atoms with E-state index in [-0.39, 0.29) is 17.9 Å². The Bertz CT molecular complexity index is 1270. The molecule has 1 aliphatic rings. The van der Waals surface area contributed by atoms with Gasteiger partial charge in [-0.25, -0.2) is 0 Å². The number of hydrogen-bond acceptors (Lipinski definition) is 4. The number of benzene rings is 3. The number of carbonyl (C=O) groups is 2. The van der Waals surface area contributed by atoms with Crippen LogP contribution in [0.4, 0.5) is 5.69 Å². The van der Waals surface area contributed by atoms with Gasteiger partial charge in [-0.3, -0.25) is 9.59 Å². The maximum absolute atomic E-state index is 13.8. The standard InChI is InChI=1S/C32H38N2O3S/c1-6-7-18-37-27-16-14-25(15-17-27)24(5)33-31(35)23(4)30-32(36)34(28-10-8-9-11-29(28)38-30)20-26-19-21(2)12-13-22(26)3/h8-17,19,23-24,30H,6-7,18,20H2,1-5H3,(H,33,35)/t23-,24-,30+/m0/s1. The highest BCUT2D eigenvalue weighted by atomic mass is 32.2. The molecule has 0 fully saturated rings. The predicted molar refractivity (Wildman–Crippen MR) is 156 cm³/mol. The first-order chi connectivity index (χ1) is 18.3. The van der Waals surface area contributed by atoms with E-state index in [9.17, 15) is 9.59 Å². The number of ether oxygens (including phenoxy) is 1. The predicted octanol–water partition coefficient (Wildman–Crippen LogP) is 7.00. The van der Waals surface area contributed by atoms with Crippen molar-refractivity contribution in [1.82, 2.24) is 5.32 Å². The maximum atomic E-state index is 13.8. The molecule has 0 radical (unpaired) electrons. The number of carbonyl (C=O) groups excluding carboxylic acids is 2. The van der Waals surface area contributed by atoms with E-state index in [0.717, 1.165) is 51.4 Å². The Kier molecular flexibility index (Phi) is 9.16. The quantitative estimate of drug-likeness (QED) is 0.287. The maximum Gasteiger partial charge on any atom is 0.241 e. The van der Waals surface area contributed by atoms with E-state index in [1.54, 1.807) is 0 Å². The van der Waals surface area contributed by atoms with Crippen LogP contribution in [0.1, 0.15) is 61.9 Å². The van der Waals surface area contributed by atoms with Gasteiger partial charge in [0.25, 0.3) is 0 Å². The van der Waals surface area contributed by atoms with Crippen molar-refractivity contribution in [3.8, 4) is 5.75 Å². The third kappa shape index (κ3) is 6.41. The van der Waals surface area contributed by atoms with Gasteiger partial charge in [0.15, 0.2) is 0 Å². The molecule has 0 saturated heterocycles. The molecule has 1 heterocycles. The number of amides is 2. The lowest BCUT2D eigenvalue weighted by Crippen LogP contribution is -2.47. The van der Waals surface area contributed by atoms with Crippen LogP contribution in [0.3, 0.4) is 0 Å². The van der Waals surface area contributed by atoms with Gasteiger partial charge >= 0.3 is 0 Å². The van der Waals surface area contributed by atoms with Gasteiger partial charge in [0.1, 0.15) is 11.0 Å². The first-order valence-electron chi connectivity index (χ1n) is 13.4. The van der Waals surface area contributed by atoms with Crippen LogP contribution in [0.15, 0.2) is 71.6 Å². The molecule has 1 N–H and O–H groups in total. The summed E-state index contributed by atoms with van der Waals surface area (Å²) in [5, 5.41) is 2.62. The molecule has 0 aliphatic carbocycles. The van der Waals surface area contributed by atoms with Crippen molar-refractivity contribution in [2.45, 2.75) is 70.2 Å². The lowest BCUT2D eigenvalue weighted by Gasteiger charge is -2.36. The molecular weight excluding hydrogens is 492 g/mol. The SMILES string of the molecule is CCCCOc1ccc([C@H](C)NC(=O)[C@@H](C)[C@H]2Sc3ccccc3N(Cc3cc(C)ccc3C)C2=O)cc1. The van der Waals surface area contributed by atoms with Gasteiger partial charge in [-0.1, -0.05) is 68.3 Å². The molecule has 0 saturated carbocycles. The minimum atomic E-state index is -0.503. The zero-order valence-electron chi connectivity index (χ0n) is 23.0. The first kappa shape index (κ1) is 27.8. The molecular formula is C32H38N2O3S. The van der Waals surface area contributed by atoms with Crippen molar-refractivity contribution in [3.05, 3.63) is 89.0 Å². The van der Waals surface area contributed by atoms with Crippen LogP contribution >= 0.6 is 11.8 Å². The number of fused-ring (bicyclic) bond motifs is 1. The minimum Gasteiger partial charge on any atom is -0.494 e. The molecule has 3 aromatic rings. The lowest BCUT2D eigenvalue weighted by molar-refractivity contribution is -0.128. The molecule has 0 bridgehead atoms. The molecule has 0 spiro atoms. The van der Waals surface area contributed by atoms with E-state index in [0.29, 0.717) is 13.2 Å². The Labute approximate surface area is 231 Å². The minimum absolute atomic E-state index is 0.0292. The number of rotatable bonds is 10. The highest BCUT2D eigenvalue weighted by Gasteiger charge is 2.39. The fourth-order valence-electron chi connectivity index (χ4n) is 4.61. The molecule has 1 aliphatic heterocycles. The summed E-state index contributed by atoms with van der Waals surface area (Å²) in [6, 6.07) is 22.0. The van der Waals surface area contributed by atoms with Crippen LogP contribution in [-0.2, 0) is 16.1 Å². The first-order valence-corrected chi connectivity index (χ1v) is 14.3. The lowest BCUT2D eigenvalue weighted by atomic mass is 10.0. The van der Waals surface area contributed by atoms with E-state index in [4.69, 9.17) is 4.74 Å². The Morgan fingerprint density at radius 1 is 1.05 bits per heavy atom. The number of aryl methyl sites for hydroxylation is 2. The van der Waals surface area contributed by atoms with Gasteiger partial charge in [0.05, 0.1) is 30.8 Å². The van der Waals surface area contributed by atoms with Gasteiger partial charge in [0.2, 0.25) is 11.8 Å². The van der Waals surface area contributed by atoms with Crippen molar-refractivity contribution in [1.29, 1.82) is 0 Å². The summed E-state index contributed by atoms with van der Waals surface area (Å²) in [6.45, 7) is 11.3. The van der Waals surface area contributed by atoms with Crippen molar-refractivity contribution in [3.63, 3.8) is 0 Å². The van der Waals surface area contributed by atoms with E-state index < -0.39 is 11.2 Å². The second-order valence-electron chi connectivity index (χ2n) is 10.2. The van der Waals surface area contributed by atoms with Crippen molar-refractivity contribution in [2.24, 2.45) is 5.92 Å². The zero-order valence-corrected chi connectivity index (χ0v) is 23.8. The Morgan fingerprint density at radius 3 is 2.53 bits per heavy atom. The number of unbranched alkanes of at least 4 members (excludes halogenated alkanes) is 1. The average Bonchev–Trinajstić information content (AvgIpc) is 2.92. The number of nitrogens with one attached hydrogen (secondary N) is 1. The molecule has 2 amide bonds. The molecule has 6 heteroatoms. The van der Waals surface area contributed by atoms with Gasteiger partial charge in [0, 0.05) is 4.90 Å². The highest BCUT2D eigenvalue weighted by Crippen LogP contribution is 2.42. The topological polar surface area (TPSA) is 58.6 Å². The summed E-state index contributed by atoms with van der Waals surface area (Å²) in [5.74, 6) is 0.179. The highest BCUT2D eigenvalue weighted by molar-refractivity contribution is 8.01. The molecule has 3 aromatic carbocycles. The molecule has 38 heavy (non-hydrogen) atoms. The van der Waals surface area contributed by atoms with Crippen LogP contribution < -0.4 is 15.0 Å². The Hall–Kier alpha value is -3.25. The summed E-state index contributed by atoms with van der Waals surface area (Å²) in [6.07, 6.45) is 2.12. The van der Waals surface area contributed by atoms with Crippen molar-refractivity contribution in [2.75, 3.05) is 11.5 Å². The molecule has 3 atom stereocenters. The Morgan fingerprint density at radius 2 is 1.79 bits per heavy atom. The molecule has 0 unspecified atom stereocenters. The number of anilines is 1. The molecule has 0 aromatic heterocycles. The summed E-state index contributed by atoms with van der Waals surface area (Å²) in [5.41, 5.74) is 5.33. The number of para-hydroxylation sites is 1. The second-order valence-corrected chi connectivity index (χ2v) is 11.3. The largest absolute Gasteiger partial charge is 0.494 e. The van der Waals surface area contributed by atoms with Gasteiger partial charge < -0.3 is 15.0 Å².